The SMILES string of the molecule is CCOc1ccc(CNCCc2ccn(C)n2)cc1. The number of rotatable bonds is 7. The molecule has 0 saturated heterocycles. The number of nitrogens with zero attached hydrogens (tertiary/aromatic N) is 2. The Bertz CT molecular complexity index is 490. The first-order chi connectivity index (χ1) is 9.28. The van der Waals surface area contributed by atoms with Crippen LogP contribution in [0.25, 0.3) is 0 Å². The smallest absolute Gasteiger partial charge is 0.119 e. The van der Waals surface area contributed by atoms with E-state index in [1.807, 2.05) is 37.0 Å². The highest BCUT2D eigenvalue weighted by Crippen LogP contribution is 2.11. The Balaban J connectivity index is 1.70. The molecule has 1 N–H and O–H groups in total. The maximum absolute atomic E-state index is 5.42. The first-order valence-electron chi connectivity index (χ1n) is 6.69. The van der Waals surface area contributed by atoms with Crippen LogP contribution >= 0.6 is 0 Å². The van der Waals surface area contributed by atoms with Crippen molar-refractivity contribution in [2.24, 2.45) is 7.05 Å². The fourth-order valence-corrected chi connectivity index (χ4v) is 1.92. The lowest BCUT2D eigenvalue weighted by Gasteiger charge is -2.06. The van der Waals surface area contributed by atoms with Crippen molar-refractivity contribution in [3.63, 3.8) is 0 Å². The van der Waals surface area contributed by atoms with Gasteiger partial charge in [0.25, 0.3) is 0 Å². The van der Waals surface area contributed by atoms with Gasteiger partial charge in [0, 0.05) is 32.8 Å². The molecule has 0 saturated carbocycles. The molecule has 1 heterocycles. The molecule has 4 heteroatoms. The highest BCUT2D eigenvalue weighted by molar-refractivity contribution is 5.27. The minimum absolute atomic E-state index is 0.710. The third-order valence-corrected chi connectivity index (χ3v) is 2.89. The van der Waals surface area contributed by atoms with Crippen molar-refractivity contribution in [1.29, 1.82) is 0 Å². The fraction of sp³-hybridized carbons (Fsp3) is 0.400. The molecule has 0 bridgehead atoms. The van der Waals surface area contributed by atoms with E-state index in [9.17, 15) is 0 Å². The van der Waals surface area contributed by atoms with Gasteiger partial charge in [-0.25, -0.2) is 0 Å². The molecule has 1 aromatic carbocycles. The van der Waals surface area contributed by atoms with Crippen LogP contribution in [0.1, 0.15) is 18.2 Å². The van der Waals surface area contributed by atoms with Gasteiger partial charge in [-0.05, 0) is 30.7 Å². The van der Waals surface area contributed by atoms with Gasteiger partial charge < -0.3 is 10.1 Å². The summed E-state index contributed by atoms with van der Waals surface area (Å²) in [6.07, 6.45) is 2.93. The second-order valence-corrected chi connectivity index (χ2v) is 4.48. The average Bonchev–Trinajstić information content (AvgIpc) is 2.83. The third-order valence-electron chi connectivity index (χ3n) is 2.89. The number of ether oxygens (including phenoxy) is 1. The highest BCUT2D eigenvalue weighted by Gasteiger charge is 1.98. The predicted octanol–water partition coefficient (Wildman–Crippen LogP) is 2.15. The minimum Gasteiger partial charge on any atom is -0.494 e. The number of benzene rings is 1. The summed E-state index contributed by atoms with van der Waals surface area (Å²) >= 11 is 0. The number of aryl methyl sites for hydroxylation is 1. The van der Waals surface area contributed by atoms with E-state index in [1.165, 1.54) is 5.56 Å². The van der Waals surface area contributed by atoms with Crippen molar-refractivity contribution < 1.29 is 4.74 Å². The van der Waals surface area contributed by atoms with Crippen LogP contribution in [0.15, 0.2) is 36.5 Å². The molecule has 2 rings (SSSR count). The summed E-state index contributed by atoms with van der Waals surface area (Å²) in [6.45, 7) is 4.51. The summed E-state index contributed by atoms with van der Waals surface area (Å²) in [5.41, 5.74) is 2.39. The lowest BCUT2D eigenvalue weighted by molar-refractivity contribution is 0.340. The maximum atomic E-state index is 5.42. The molecule has 2 aromatic rings. The second-order valence-electron chi connectivity index (χ2n) is 4.48. The Kier molecular flexibility index (Phi) is 4.98. The number of aromatic nitrogens is 2. The topological polar surface area (TPSA) is 39.1 Å². The van der Waals surface area contributed by atoms with Gasteiger partial charge in [-0.15, -0.1) is 0 Å². The molecule has 1 aromatic heterocycles. The molecular weight excluding hydrogens is 238 g/mol. The van der Waals surface area contributed by atoms with Crippen LogP contribution in [0.2, 0.25) is 0 Å². The van der Waals surface area contributed by atoms with Crippen LogP contribution in [-0.4, -0.2) is 22.9 Å². The first-order valence-corrected chi connectivity index (χ1v) is 6.69. The van der Waals surface area contributed by atoms with Crippen LogP contribution in [-0.2, 0) is 20.0 Å². The molecule has 4 nitrogen and oxygen atoms in total. The number of nitrogens with one attached hydrogen (secondary N) is 1. The van der Waals surface area contributed by atoms with E-state index in [1.54, 1.807) is 0 Å². The molecule has 0 radical (unpaired) electrons. The second kappa shape index (κ2) is 6.95. The lowest BCUT2D eigenvalue weighted by Crippen LogP contribution is -2.16. The maximum Gasteiger partial charge on any atom is 0.119 e. The first kappa shape index (κ1) is 13.6. The Morgan fingerprint density at radius 3 is 2.63 bits per heavy atom. The van der Waals surface area contributed by atoms with Crippen molar-refractivity contribution in [2.45, 2.75) is 19.9 Å². The monoisotopic (exact) mass is 259 g/mol. The van der Waals surface area contributed by atoms with E-state index >= 15 is 0 Å². The summed E-state index contributed by atoms with van der Waals surface area (Å²) in [6, 6.07) is 10.3. The molecule has 0 amide bonds. The lowest BCUT2D eigenvalue weighted by atomic mass is 10.2. The van der Waals surface area contributed by atoms with Crippen molar-refractivity contribution in [2.75, 3.05) is 13.2 Å². The zero-order valence-electron chi connectivity index (χ0n) is 11.6. The predicted molar refractivity (Wildman–Crippen MR) is 76.2 cm³/mol. The van der Waals surface area contributed by atoms with Crippen molar-refractivity contribution in [1.82, 2.24) is 15.1 Å². The van der Waals surface area contributed by atoms with Gasteiger partial charge in [-0.1, -0.05) is 12.1 Å². The molecule has 0 aliphatic rings. The summed E-state index contributed by atoms with van der Waals surface area (Å²) in [7, 11) is 1.94. The van der Waals surface area contributed by atoms with Gasteiger partial charge in [0.1, 0.15) is 5.75 Å². The summed E-state index contributed by atoms with van der Waals surface area (Å²) in [5, 5.41) is 7.77. The highest BCUT2D eigenvalue weighted by atomic mass is 16.5. The molecule has 102 valence electrons. The van der Waals surface area contributed by atoms with Crippen molar-refractivity contribution in [3.05, 3.63) is 47.8 Å². The quantitative estimate of drug-likeness (QED) is 0.774. The molecule has 0 unspecified atom stereocenters. The van der Waals surface area contributed by atoms with Gasteiger partial charge in [0.15, 0.2) is 0 Å². The van der Waals surface area contributed by atoms with Crippen LogP contribution in [0, 0.1) is 0 Å². The van der Waals surface area contributed by atoms with Crippen LogP contribution in [0.3, 0.4) is 0 Å². The van der Waals surface area contributed by atoms with Crippen LogP contribution in [0.4, 0.5) is 0 Å². The Morgan fingerprint density at radius 2 is 2.00 bits per heavy atom. The molecule has 0 aliphatic heterocycles. The molecular formula is C15H21N3O. The van der Waals surface area contributed by atoms with E-state index in [2.05, 4.69) is 28.6 Å². The normalized spacial score (nSPS) is 10.6. The zero-order chi connectivity index (χ0) is 13.5. The molecule has 0 spiro atoms. The van der Waals surface area contributed by atoms with E-state index in [-0.39, 0.29) is 0 Å². The van der Waals surface area contributed by atoms with E-state index in [4.69, 9.17) is 4.74 Å². The van der Waals surface area contributed by atoms with E-state index in [0.29, 0.717) is 6.61 Å². The average molecular weight is 259 g/mol. The Labute approximate surface area is 114 Å². The van der Waals surface area contributed by atoms with Gasteiger partial charge in [-0.2, -0.15) is 5.10 Å². The summed E-state index contributed by atoms with van der Waals surface area (Å²) < 4.78 is 7.25. The van der Waals surface area contributed by atoms with Gasteiger partial charge in [0.2, 0.25) is 0 Å². The third kappa shape index (κ3) is 4.41. The summed E-state index contributed by atoms with van der Waals surface area (Å²) in [5.74, 6) is 0.930. The van der Waals surface area contributed by atoms with Gasteiger partial charge >= 0.3 is 0 Å². The Morgan fingerprint density at radius 1 is 1.21 bits per heavy atom. The zero-order valence-corrected chi connectivity index (χ0v) is 11.6. The largest absolute Gasteiger partial charge is 0.494 e. The molecule has 0 atom stereocenters. The van der Waals surface area contributed by atoms with Crippen LogP contribution < -0.4 is 10.1 Å². The minimum atomic E-state index is 0.710. The van der Waals surface area contributed by atoms with Crippen LogP contribution in [0.5, 0.6) is 5.75 Å². The number of hydrogen-bond donors (Lipinski definition) is 1. The van der Waals surface area contributed by atoms with E-state index in [0.717, 1.165) is 31.0 Å². The van der Waals surface area contributed by atoms with Gasteiger partial charge in [0.05, 0.1) is 12.3 Å². The van der Waals surface area contributed by atoms with Crippen molar-refractivity contribution in [3.8, 4) is 5.75 Å². The van der Waals surface area contributed by atoms with Crippen molar-refractivity contribution >= 4 is 0 Å². The number of hydrogen-bond acceptors (Lipinski definition) is 3. The molecule has 19 heavy (non-hydrogen) atoms. The molecule has 0 fully saturated rings. The molecule has 0 aliphatic carbocycles. The summed E-state index contributed by atoms with van der Waals surface area (Å²) in [4.78, 5) is 0. The van der Waals surface area contributed by atoms with Gasteiger partial charge in [-0.3, -0.25) is 4.68 Å². The van der Waals surface area contributed by atoms with E-state index < -0.39 is 0 Å². The standard InChI is InChI=1S/C15H21N3O/c1-3-19-15-6-4-13(5-7-15)12-16-10-8-14-9-11-18(2)17-14/h4-7,9,11,16H,3,8,10,12H2,1-2H3. The Hall–Kier alpha value is -1.81. The fourth-order valence-electron chi connectivity index (χ4n) is 1.92.